The van der Waals surface area contributed by atoms with E-state index in [1.165, 1.54) is 25.7 Å². The van der Waals surface area contributed by atoms with Crippen molar-refractivity contribution in [3.8, 4) is 0 Å². The van der Waals surface area contributed by atoms with Crippen LogP contribution < -0.4 is 0 Å². The Hall–Kier alpha value is -0.660. The lowest BCUT2D eigenvalue weighted by atomic mass is 10.2. The molecule has 0 amide bonds. The molecule has 74 valence electrons. The third kappa shape index (κ3) is 2.94. The fourth-order valence-corrected chi connectivity index (χ4v) is 1.61. The molecule has 0 aromatic carbocycles. The lowest BCUT2D eigenvalue weighted by molar-refractivity contribution is -0.590. The van der Waals surface area contributed by atoms with Gasteiger partial charge in [-0.25, -0.2) is 9.57 Å². The van der Waals surface area contributed by atoms with Gasteiger partial charge in [0.15, 0.2) is 6.21 Å². The summed E-state index contributed by atoms with van der Waals surface area (Å²) in [6.45, 7) is 7.71. The van der Waals surface area contributed by atoms with E-state index in [1.54, 1.807) is 0 Å². The van der Waals surface area contributed by atoms with Gasteiger partial charge in [0.2, 0.25) is 5.66 Å². The molecule has 0 spiro atoms. The molecule has 1 aliphatic heterocycles. The van der Waals surface area contributed by atoms with Crippen molar-refractivity contribution in [3.05, 3.63) is 0 Å². The van der Waals surface area contributed by atoms with E-state index in [4.69, 9.17) is 0 Å². The molecule has 2 nitrogen and oxygen atoms in total. The molecule has 0 N–H and O–H groups in total. The van der Waals surface area contributed by atoms with E-state index in [-0.39, 0.29) is 5.66 Å². The normalized spacial score (nSPS) is 19.2. The highest BCUT2D eigenvalue weighted by molar-refractivity contribution is 6.14. The second kappa shape index (κ2) is 4.54. The Morgan fingerprint density at radius 1 is 1.23 bits per heavy atom. The molecule has 0 unspecified atom stereocenters. The van der Waals surface area contributed by atoms with Crippen LogP contribution in [0.15, 0.2) is 4.99 Å². The first kappa shape index (κ1) is 10.4. The maximum atomic E-state index is 4.39. The van der Waals surface area contributed by atoms with Crippen LogP contribution in [0.3, 0.4) is 0 Å². The molecule has 0 saturated heterocycles. The van der Waals surface area contributed by atoms with Gasteiger partial charge >= 0.3 is 0 Å². The molecular weight excluding hydrogens is 160 g/mol. The highest BCUT2D eigenvalue weighted by Crippen LogP contribution is 2.14. The summed E-state index contributed by atoms with van der Waals surface area (Å²) in [5.74, 6) is 0. The van der Waals surface area contributed by atoms with Gasteiger partial charge < -0.3 is 0 Å². The summed E-state index contributed by atoms with van der Waals surface area (Å²) in [6.07, 6.45) is 9.32. The molecular formula is C11H21N2+. The highest BCUT2D eigenvalue weighted by Gasteiger charge is 2.30. The minimum Gasteiger partial charge on any atom is -0.217 e. The lowest BCUT2D eigenvalue weighted by Gasteiger charge is -2.13. The predicted octanol–water partition coefficient (Wildman–Crippen LogP) is 2.47. The van der Waals surface area contributed by atoms with Crippen molar-refractivity contribution in [2.24, 2.45) is 4.99 Å². The van der Waals surface area contributed by atoms with Crippen molar-refractivity contribution in [2.75, 3.05) is 6.54 Å². The molecule has 2 heteroatoms. The molecule has 0 aliphatic carbocycles. The van der Waals surface area contributed by atoms with Gasteiger partial charge in [0.05, 0.1) is 6.21 Å². The van der Waals surface area contributed by atoms with E-state index < -0.39 is 0 Å². The monoisotopic (exact) mass is 181 g/mol. The SMILES string of the molecule is CCCCCC[N+]1=CC=NC1(C)C. The molecule has 0 atom stereocenters. The molecule has 0 aromatic heterocycles. The van der Waals surface area contributed by atoms with Gasteiger partial charge in [-0.05, 0) is 6.42 Å². The minimum absolute atomic E-state index is 0.00617. The van der Waals surface area contributed by atoms with E-state index in [0.717, 1.165) is 6.54 Å². The van der Waals surface area contributed by atoms with Gasteiger partial charge in [-0.15, -0.1) is 0 Å². The van der Waals surface area contributed by atoms with Crippen LogP contribution in [-0.4, -0.2) is 29.2 Å². The summed E-state index contributed by atoms with van der Waals surface area (Å²) in [4.78, 5) is 4.39. The van der Waals surface area contributed by atoms with Gasteiger partial charge in [0.25, 0.3) is 0 Å². The van der Waals surface area contributed by atoms with Crippen LogP contribution in [0.2, 0.25) is 0 Å². The summed E-state index contributed by atoms with van der Waals surface area (Å²) in [6, 6.07) is 0. The Morgan fingerprint density at radius 3 is 2.54 bits per heavy atom. The standard InChI is InChI=1S/C11H21N2/c1-4-5-6-7-9-13-10-8-12-11(13,2)3/h8,10H,4-7,9H2,1-3H3/q+1. The molecule has 1 aliphatic rings. The molecule has 0 radical (unpaired) electrons. The summed E-state index contributed by atoms with van der Waals surface area (Å²) in [5.41, 5.74) is 0.00617. The van der Waals surface area contributed by atoms with Crippen LogP contribution >= 0.6 is 0 Å². The van der Waals surface area contributed by atoms with Crippen molar-refractivity contribution >= 4 is 12.4 Å². The van der Waals surface area contributed by atoms with E-state index in [2.05, 4.69) is 36.6 Å². The first-order chi connectivity index (χ1) is 6.17. The average molecular weight is 181 g/mol. The van der Waals surface area contributed by atoms with Crippen LogP contribution in [0.25, 0.3) is 0 Å². The van der Waals surface area contributed by atoms with Crippen LogP contribution in [0.4, 0.5) is 0 Å². The van der Waals surface area contributed by atoms with Crippen molar-refractivity contribution in [2.45, 2.75) is 52.1 Å². The van der Waals surface area contributed by atoms with E-state index in [9.17, 15) is 0 Å². The van der Waals surface area contributed by atoms with Gasteiger partial charge in [-0.1, -0.05) is 19.8 Å². The first-order valence-corrected chi connectivity index (χ1v) is 5.32. The van der Waals surface area contributed by atoms with E-state index in [0.29, 0.717) is 0 Å². The third-order valence-electron chi connectivity index (χ3n) is 2.59. The molecule has 1 rings (SSSR count). The number of aliphatic imine (C=N–C) groups is 1. The Morgan fingerprint density at radius 2 is 2.00 bits per heavy atom. The highest BCUT2D eigenvalue weighted by atomic mass is 15.2. The first-order valence-electron chi connectivity index (χ1n) is 5.32. The molecule has 1 heterocycles. The molecule has 0 fully saturated rings. The molecule has 13 heavy (non-hydrogen) atoms. The average Bonchev–Trinajstić information content (AvgIpc) is 2.40. The summed E-state index contributed by atoms with van der Waals surface area (Å²) in [5, 5.41) is 0. The molecule has 0 saturated carbocycles. The zero-order chi connectivity index (χ0) is 9.73. The fraction of sp³-hybridized carbons (Fsp3) is 0.818. The van der Waals surface area contributed by atoms with Crippen molar-refractivity contribution in [1.29, 1.82) is 0 Å². The Labute approximate surface area is 81.4 Å². The number of hydrogen-bond acceptors (Lipinski definition) is 1. The van der Waals surface area contributed by atoms with Crippen molar-refractivity contribution < 1.29 is 4.58 Å². The quantitative estimate of drug-likeness (QED) is 0.457. The molecule has 0 aromatic rings. The zero-order valence-corrected chi connectivity index (χ0v) is 9.08. The van der Waals surface area contributed by atoms with Crippen LogP contribution in [0, 0.1) is 0 Å². The summed E-state index contributed by atoms with van der Waals surface area (Å²) < 4.78 is 2.32. The maximum Gasteiger partial charge on any atom is 0.249 e. The van der Waals surface area contributed by atoms with Gasteiger partial charge in [-0.3, -0.25) is 0 Å². The van der Waals surface area contributed by atoms with E-state index >= 15 is 0 Å². The summed E-state index contributed by atoms with van der Waals surface area (Å²) in [7, 11) is 0. The second-order valence-corrected chi connectivity index (χ2v) is 4.18. The maximum absolute atomic E-state index is 4.39. The van der Waals surface area contributed by atoms with Crippen LogP contribution in [0.5, 0.6) is 0 Å². The van der Waals surface area contributed by atoms with Crippen LogP contribution in [0.1, 0.15) is 46.5 Å². The Kier molecular flexibility index (Phi) is 3.64. The predicted molar refractivity (Wildman–Crippen MR) is 57.9 cm³/mol. The fourth-order valence-electron chi connectivity index (χ4n) is 1.61. The number of rotatable bonds is 5. The largest absolute Gasteiger partial charge is 0.249 e. The number of unbranched alkanes of at least 4 members (excludes halogenated alkanes) is 3. The van der Waals surface area contributed by atoms with E-state index in [1.807, 2.05) is 6.21 Å². The third-order valence-corrected chi connectivity index (χ3v) is 2.59. The van der Waals surface area contributed by atoms with Gasteiger partial charge in [0.1, 0.15) is 6.54 Å². The van der Waals surface area contributed by atoms with Gasteiger partial charge in [-0.2, -0.15) is 0 Å². The number of nitrogens with zero attached hydrogens (tertiary/aromatic N) is 2. The lowest BCUT2D eigenvalue weighted by Crippen LogP contribution is -2.32. The Bertz CT molecular complexity index is 214. The van der Waals surface area contributed by atoms with Crippen molar-refractivity contribution in [3.63, 3.8) is 0 Å². The zero-order valence-electron chi connectivity index (χ0n) is 9.08. The summed E-state index contributed by atoms with van der Waals surface area (Å²) >= 11 is 0. The minimum atomic E-state index is 0.00617. The smallest absolute Gasteiger partial charge is 0.217 e. The second-order valence-electron chi connectivity index (χ2n) is 4.18. The van der Waals surface area contributed by atoms with Crippen molar-refractivity contribution in [1.82, 2.24) is 0 Å². The molecule has 0 bridgehead atoms. The number of hydrogen-bond donors (Lipinski definition) is 0. The van der Waals surface area contributed by atoms with Gasteiger partial charge in [0, 0.05) is 20.3 Å². The topological polar surface area (TPSA) is 15.4 Å². The Balaban J connectivity index is 2.23. The van der Waals surface area contributed by atoms with Crippen LogP contribution in [-0.2, 0) is 0 Å².